The third kappa shape index (κ3) is 2.48. The average Bonchev–Trinajstić information content (AvgIpc) is 1.85. The van der Waals surface area contributed by atoms with Gasteiger partial charge < -0.3 is 14.2 Å². The molecular formula is C7H12O4. The molecule has 0 bridgehead atoms. The van der Waals surface area contributed by atoms with Crippen molar-refractivity contribution < 1.29 is 19.0 Å². The van der Waals surface area contributed by atoms with Crippen molar-refractivity contribution in [2.24, 2.45) is 0 Å². The summed E-state index contributed by atoms with van der Waals surface area (Å²) in [4.78, 5) is 10.8. The van der Waals surface area contributed by atoms with Crippen LogP contribution in [0.1, 0.15) is 20.3 Å². The van der Waals surface area contributed by atoms with E-state index in [0.717, 1.165) is 0 Å². The standard InChI is InChI=1S/C7H12O4/c1-3-9-6(8)4-7-10-5(2)11-7/h5,7H,3-4H2,1-2H3. The van der Waals surface area contributed by atoms with Crippen LogP contribution < -0.4 is 0 Å². The van der Waals surface area contributed by atoms with E-state index in [2.05, 4.69) is 4.74 Å². The SMILES string of the molecule is CCOC(=O)CC1OC(C)O1. The molecule has 0 aromatic carbocycles. The molecule has 1 heterocycles. The molecule has 1 aliphatic rings. The summed E-state index contributed by atoms with van der Waals surface area (Å²) in [7, 11) is 0. The van der Waals surface area contributed by atoms with E-state index in [4.69, 9.17) is 9.47 Å². The van der Waals surface area contributed by atoms with Crippen molar-refractivity contribution in [1.29, 1.82) is 0 Å². The number of hydrogen-bond acceptors (Lipinski definition) is 4. The fraction of sp³-hybridized carbons (Fsp3) is 0.857. The molecule has 1 fully saturated rings. The molecule has 4 nitrogen and oxygen atoms in total. The van der Waals surface area contributed by atoms with Crippen molar-refractivity contribution in [3.05, 3.63) is 0 Å². The van der Waals surface area contributed by atoms with Crippen molar-refractivity contribution in [1.82, 2.24) is 0 Å². The summed E-state index contributed by atoms with van der Waals surface area (Å²) < 4.78 is 14.8. The first-order valence-corrected chi connectivity index (χ1v) is 3.69. The molecule has 1 rings (SSSR count). The van der Waals surface area contributed by atoms with Gasteiger partial charge >= 0.3 is 5.97 Å². The fourth-order valence-corrected chi connectivity index (χ4v) is 0.890. The number of ether oxygens (including phenoxy) is 3. The Kier molecular flexibility index (Phi) is 2.84. The topological polar surface area (TPSA) is 44.8 Å². The zero-order chi connectivity index (χ0) is 8.27. The molecule has 1 saturated heterocycles. The lowest BCUT2D eigenvalue weighted by Gasteiger charge is -2.32. The molecule has 0 amide bonds. The largest absolute Gasteiger partial charge is 0.466 e. The van der Waals surface area contributed by atoms with Gasteiger partial charge in [0.05, 0.1) is 13.0 Å². The quantitative estimate of drug-likeness (QED) is 0.569. The smallest absolute Gasteiger partial charge is 0.310 e. The van der Waals surface area contributed by atoms with Crippen molar-refractivity contribution in [2.45, 2.75) is 32.8 Å². The second kappa shape index (κ2) is 3.69. The Morgan fingerprint density at radius 3 is 2.64 bits per heavy atom. The Labute approximate surface area is 65.4 Å². The minimum absolute atomic E-state index is 0.172. The summed E-state index contributed by atoms with van der Waals surface area (Å²) in [6.45, 7) is 3.95. The number of esters is 1. The van der Waals surface area contributed by atoms with Crippen molar-refractivity contribution in [3.63, 3.8) is 0 Å². The lowest BCUT2D eigenvalue weighted by molar-refractivity contribution is -0.374. The molecule has 1 aliphatic heterocycles. The van der Waals surface area contributed by atoms with Gasteiger partial charge in [0.15, 0.2) is 12.6 Å². The van der Waals surface area contributed by atoms with Gasteiger partial charge in [-0.3, -0.25) is 4.79 Å². The molecule has 0 aromatic heterocycles. The van der Waals surface area contributed by atoms with Gasteiger partial charge in [0.1, 0.15) is 0 Å². The van der Waals surface area contributed by atoms with Crippen molar-refractivity contribution in [2.75, 3.05) is 6.61 Å². The van der Waals surface area contributed by atoms with Crippen LogP contribution >= 0.6 is 0 Å². The minimum atomic E-state index is -0.385. The Morgan fingerprint density at radius 2 is 2.18 bits per heavy atom. The fourth-order valence-electron chi connectivity index (χ4n) is 0.890. The Balaban J connectivity index is 2.07. The van der Waals surface area contributed by atoms with E-state index in [-0.39, 0.29) is 25.0 Å². The second-order valence-electron chi connectivity index (χ2n) is 2.28. The van der Waals surface area contributed by atoms with E-state index < -0.39 is 0 Å². The molecule has 4 heteroatoms. The van der Waals surface area contributed by atoms with Crippen LogP contribution in [0.3, 0.4) is 0 Å². The summed E-state index contributed by atoms with van der Waals surface area (Å²) in [6, 6.07) is 0. The molecule has 0 aliphatic carbocycles. The highest BCUT2D eigenvalue weighted by Crippen LogP contribution is 2.18. The molecule has 0 unspecified atom stereocenters. The van der Waals surface area contributed by atoms with E-state index in [1.54, 1.807) is 13.8 Å². The van der Waals surface area contributed by atoms with Crippen LogP contribution in [0.15, 0.2) is 0 Å². The highest BCUT2D eigenvalue weighted by Gasteiger charge is 2.29. The third-order valence-corrected chi connectivity index (χ3v) is 1.33. The number of hydrogen-bond donors (Lipinski definition) is 0. The molecule has 0 N–H and O–H groups in total. The van der Waals surface area contributed by atoms with Crippen LogP contribution in [-0.4, -0.2) is 25.2 Å². The van der Waals surface area contributed by atoms with Crippen LogP contribution in [0.5, 0.6) is 0 Å². The average molecular weight is 160 g/mol. The Bertz CT molecular complexity index is 139. The maximum Gasteiger partial charge on any atom is 0.310 e. The van der Waals surface area contributed by atoms with E-state index >= 15 is 0 Å². The Hall–Kier alpha value is -0.610. The van der Waals surface area contributed by atoms with Gasteiger partial charge in [-0.1, -0.05) is 0 Å². The van der Waals surface area contributed by atoms with Gasteiger partial charge in [-0.05, 0) is 13.8 Å². The van der Waals surface area contributed by atoms with E-state index in [0.29, 0.717) is 6.61 Å². The maximum atomic E-state index is 10.8. The highest BCUT2D eigenvalue weighted by atomic mass is 16.9. The number of rotatable bonds is 3. The summed E-state index contributed by atoms with van der Waals surface area (Å²) in [5.74, 6) is -0.274. The third-order valence-electron chi connectivity index (χ3n) is 1.33. The summed E-state index contributed by atoms with van der Waals surface area (Å²) >= 11 is 0. The molecule has 11 heavy (non-hydrogen) atoms. The molecule has 0 radical (unpaired) electrons. The van der Waals surface area contributed by atoms with Gasteiger partial charge in [-0.2, -0.15) is 0 Å². The second-order valence-corrected chi connectivity index (χ2v) is 2.28. The Morgan fingerprint density at radius 1 is 1.55 bits per heavy atom. The van der Waals surface area contributed by atoms with E-state index in [1.165, 1.54) is 0 Å². The van der Waals surface area contributed by atoms with Crippen molar-refractivity contribution in [3.8, 4) is 0 Å². The minimum Gasteiger partial charge on any atom is -0.466 e. The molecule has 64 valence electrons. The summed E-state index contributed by atoms with van der Waals surface area (Å²) in [5, 5.41) is 0. The maximum absolute atomic E-state index is 10.8. The van der Waals surface area contributed by atoms with Gasteiger partial charge in [0, 0.05) is 0 Å². The normalized spacial score (nSPS) is 29.3. The first-order valence-electron chi connectivity index (χ1n) is 3.69. The van der Waals surface area contributed by atoms with Crippen molar-refractivity contribution >= 4 is 5.97 Å². The van der Waals surface area contributed by atoms with Crippen LogP contribution in [0.4, 0.5) is 0 Å². The zero-order valence-electron chi connectivity index (χ0n) is 6.70. The summed E-state index contributed by atoms with van der Waals surface area (Å²) in [6.07, 6.45) is -0.364. The lowest BCUT2D eigenvalue weighted by atomic mass is 10.4. The predicted molar refractivity (Wildman–Crippen MR) is 36.7 cm³/mol. The van der Waals surface area contributed by atoms with Gasteiger partial charge in [0.25, 0.3) is 0 Å². The molecule has 0 atom stereocenters. The van der Waals surface area contributed by atoms with Gasteiger partial charge in [0.2, 0.25) is 0 Å². The number of carbonyl (C=O) groups is 1. The first kappa shape index (κ1) is 8.49. The van der Waals surface area contributed by atoms with Crippen LogP contribution in [0, 0.1) is 0 Å². The lowest BCUT2D eigenvalue weighted by Crippen LogP contribution is -2.40. The summed E-state index contributed by atoms with van der Waals surface area (Å²) in [5.41, 5.74) is 0. The molecule has 0 aromatic rings. The number of carbonyl (C=O) groups excluding carboxylic acids is 1. The predicted octanol–water partition coefficient (Wildman–Crippen LogP) is 0.658. The highest BCUT2D eigenvalue weighted by molar-refractivity contribution is 5.69. The van der Waals surface area contributed by atoms with Crippen LogP contribution in [0.2, 0.25) is 0 Å². The molecule has 0 spiro atoms. The zero-order valence-corrected chi connectivity index (χ0v) is 6.70. The molecule has 0 saturated carbocycles. The van der Waals surface area contributed by atoms with E-state index in [9.17, 15) is 4.79 Å². The van der Waals surface area contributed by atoms with Crippen LogP contribution in [-0.2, 0) is 19.0 Å². The first-order chi connectivity index (χ1) is 5.22. The molecular weight excluding hydrogens is 148 g/mol. The monoisotopic (exact) mass is 160 g/mol. The van der Waals surface area contributed by atoms with Crippen LogP contribution in [0.25, 0.3) is 0 Å². The van der Waals surface area contributed by atoms with E-state index in [1.807, 2.05) is 0 Å². The van der Waals surface area contributed by atoms with Gasteiger partial charge in [-0.25, -0.2) is 0 Å². The van der Waals surface area contributed by atoms with Gasteiger partial charge in [-0.15, -0.1) is 0 Å².